The van der Waals surface area contributed by atoms with Gasteiger partial charge in [0, 0.05) is 30.2 Å². The lowest BCUT2D eigenvalue weighted by atomic mass is 9.93. The lowest BCUT2D eigenvalue weighted by Crippen LogP contribution is -2.28. The molecule has 6 nitrogen and oxygen atoms in total. The number of fused-ring (bicyclic) bond motifs is 1. The molecule has 3 aromatic rings. The van der Waals surface area contributed by atoms with E-state index >= 15 is 0 Å². The first kappa shape index (κ1) is 15.0. The fourth-order valence-corrected chi connectivity index (χ4v) is 3.21. The second-order valence-corrected chi connectivity index (χ2v) is 6.33. The Morgan fingerprint density at radius 1 is 1.08 bits per heavy atom. The fraction of sp³-hybridized carbons (Fsp3) is 0.333. The summed E-state index contributed by atoms with van der Waals surface area (Å²) in [6.07, 6.45) is 8.92. The van der Waals surface area contributed by atoms with Crippen LogP contribution in [0.15, 0.2) is 42.9 Å². The van der Waals surface area contributed by atoms with Crippen molar-refractivity contribution in [1.29, 1.82) is 0 Å². The van der Waals surface area contributed by atoms with Gasteiger partial charge in [-0.3, -0.25) is 0 Å². The van der Waals surface area contributed by atoms with E-state index in [1.54, 1.807) is 18.3 Å². The minimum Gasteiger partial charge on any atom is -0.508 e. The topological polar surface area (TPSA) is 82.7 Å². The van der Waals surface area contributed by atoms with Gasteiger partial charge in [0.25, 0.3) is 0 Å². The maximum atomic E-state index is 9.67. The average molecular weight is 324 g/mol. The molecule has 3 N–H and O–H groups in total. The van der Waals surface area contributed by atoms with Crippen LogP contribution in [0, 0.1) is 0 Å². The number of nitrogens with one attached hydrogen (secondary N) is 1. The van der Waals surface area contributed by atoms with Crippen molar-refractivity contribution in [2.45, 2.75) is 37.8 Å². The number of hydrogen-bond donors (Lipinski definition) is 3. The van der Waals surface area contributed by atoms with Gasteiger partial charge in [-0.2, -0.15) is 0 Å². The lowest BCUT2D eigenvalue weighted by Gasteiger charge is -2.26. The van der Waals surface area contributed by atoms with Gasteiger partial charge < -0.3 is 19.9 Å². The minimum atomic E-state index is -0.175. The molecule has 0 unspecified atom stereocenters. The number of aliphatic hydroxyl groups excluding tert-OH is 1. The summed E-state index contributed by atoms with van der Waals surface area (Å²) in [6, 6.07) is 7.31. The maximum absolute atomic E-state index is 9.67. The van der Waals surface area contributed by atoms with Gasteiger partial charge in [0.2, 0.25) is 0 Å². The van der Waals surface area contributed by atoms with Gasteiger partial charge in [0.15, 0.2) is 11.5 Å². The molecule has 2 aromatic heterocycles. The third-order valence-electron chi connectivity index (χ3n) is 4.57. The first-order valence-electron chi connectivity index (χ1n) is 8.27. The quantitative estimate of drug-likeness (QED) is 0.690. The molecule has 0 atom stereocenters. The van der Waals surface area contributed by atoms with E-state index in [1.165, 1.54) is 0 Å². The predicted molar refractivity (Wildman–Crippen MR) is 92.0 cm³/mol. The Kier molecular flexibility index (Phi) is 3.82. The molecule has 0 aliphatic heterocycles. The van der Waals surface area contributed by atoms with Crippen molar-refractivity contribution in [3.8, 4) is 17.0 Å². The zero-order valence-corrected chi connectivity index (χ0v) is 13.3. The zero-order chi connectivity index (χ0) is 16.5. The highest BCUT2D eigenvalue weighted by Crippen LogP contribution is 2.26. The van der Waals surface area contributed by atoms with Crippen LogP contribution in [-0.4, -0.2) is 36.7 Å². The molecule has 4 rings (SSSR count). The van der Waals surface area contributed by atoms with Gasteiger partial charge in [0.1, 0.15) is 5.75 Å². The molecule has 24 heavy (non-hydrogen) atoms. The summed E-state index contributed by atoms with van der Waals surface area (Å²) in [6.45, 7) is 0. The maximum Gasteiger partial charge on any atom is 0.180 e. The Morgan fingerprint density at radius 3 is 2.58 bits per heavy atom. The Bertz CT molecular complexity index is 836. The third kappa shape index (κ3) is 2.92. The molecule has 6 heteroatoms. The monoisotopic (exact) mass is 324 g/mol. The molecule has 0 radical (unpaired) electrons. The molecule has 1 aromatic carbocycles. The number of phenols is 1. The van der Waals surface area contributed by atoms with Crippen molar-refractivity contribution in [2.24, 2.45) is 0 Å². The Hall–Kier alpha value is -2.60. The van der Waals surface area contributed by atoms with E-state index in [9.17, 15) is 10.2 Å². The van der Waals surface area contributed by atoms with Gasteiger partial charge in [-0.15, -0.1) is 0 Å². The van der Waals surface area contributed by atoms with Crippen molar-refractivity contribution in [1.82, 2.24) is 14.4 Å². The van der Waals surface area contributed by atoms with Gasteiger partial charge in [-0.1, -0.05) is 0 Å². The molecule has 1 fully saturated rings. The number of aromatic nitrogens is 3. The smallest absolute Gasteiger partial charge is 0.180 e. The van der Waals surface area contributed by atoms with Gasteiger partial charge in [-0.25, -0.2) is 9.97 Å². The van der Waals surface area contributed by atoms with Crippen molar-refractivity contribution in [3.05, 3.63) is 42.9 Å². The summed E-state index contributed by atoms with van der Waals surface area (Å²) in [7, 11) is 0. The summed E-state index contributed by atoms with van der Waals surface area (Å²) in [4.78, 5) is 9.14. The van der Waals surface area contributed by atoms with E-state index < -0.39 is 0 Å². The van der Waals surface area contributed by atoms with Gasteiger partial charge >= 0.3 is 0 Å². The largest absolute Gasteiger partial charge is 0.508 e. The predicted octanol–water partition coefficient (Wildman–Crippen LogP) is 2.82. The molecule has 0 amide bonds. The van der Waals surface area contributed by atoms with Crippen LogP contribution in [-0.2, 0) is 0 Å². The highest BCUT2D eigenvalue weighted by Gasteiger charge is 2.21. The minimum absolute atomic E-state index is 0.175. The van der Waals surface area contributed by atoms with E-state index in [0.717, 1.165) is 48.4 Å². The molecule has 1 aliphatic carbocycles. The van der Waals surface area contributed by atoms with E-state index in [1.807, 2.05) is 28.9 Å². The summed E-state index contributed by atoms with van der Waals surface area (Å²) >= 11 is 0. The SMILES string of the molecule is Oc1ccc(-c2cn3ccnc3c(NC3CCC(O)CC3)n2)cc1. The molecule has 2 heterocycles. The number of aromatic hydroxyl groups is 1. The number of imidazole rings is 1. The summed E-state index contributed by atoms with van der Waals surface area (Å²) < 4.78 is 1.95. The van der Waals surface area contributed by atoms with Crippen molar-refractivity contribution in [2.75, 3.05) is 5.32 Å². The lowest BCUT2D eigenvalue weighted by molar-refractivity contribution is 0.126. The number of benzene rings is 1. The highest BCUT2D eigenvalue weighted by atomic mass is 16.3. The molecule has 0 bridgehead atoms. The molecule has 1 saturated carbocycles. The normalized spacial score (nSPS) is 21.0. The van der Waals surface area contributed by atoms with Crippen molar-refractivity contribution in [3.63, 3.8) is 0 Å². The summed E-state index contributed by atoms with van der Waals surface area (Å²) in [5.41, 5.74) is 2.55. The van der Waals surface area contributed by atoms with Crippen molar-refractivity contribution >= 4 is 11.5 Å². The first-order chi connectivity index (χ1) is 11.7. The van der Waals surface area contributed by atoms with E-state index in [4.69, 9.17) is 4.98 Å². The van der Waals surface area contributed by atoms with Crippen LogP contribution in [0.25, 0.3) is 16.9 Å². The molecule has 1 aliphatic rings. The van der Waals surface area contributed by atoms with E-state index in [2.05, 4.69) is 10.3 Å². The molecular formula is C18H20N4O2. The van der Waals surface area contributed by atoms with Crippen LogP contribution in [0.4, 0.5) is 5.82 Å². The van der Waals surface area contributed by atoms with Crippen LogP contribution < -0.4 is 5.32 Å². The number of hydrogen-bond acceptors (Lipinski definition) is 5. The summed E-state index contributed by atoms with van der Waals surface area (Å²) in [5.74, 6) is 0.994. The zero-order valence-electron chi connectivity index (χ0n) is 13.3. The molecule has 0 saturated heterocycles. The van der Waals surface area contributed by atoms with Gasteiger partial charge in [-0.05, 0) is 49.9 Å². The van der Waals surface area contributed by atoms with E-state index in [0.29, 0.717) is 6.04 Å². The van der Waals surface area contributed by atoms with Crippen LogP contribution in [0.2, 0.25) is 0 Å². The second-order valence-electron chi connectivity index (χ2n) is 6.33. The van der Waals surface area contributed by atoms with Crippen LogP contribution in [0.5, 0.6) is 5.75 Å². The summed E-state index contributed by atoms with van der Waals surface area (Å²) in [5, 5.41) is 22.6. The number of rotatable bonds is 3. The molecule has 124 valence electrons. The first-order valence-corrected chi connectivity index (χ1v) is 8.27. The number of nitrogens with zero attached hydrogens (tertiary/aromatic N) is 3. The van der Waals surface area contributed by atoms with Crippen LogP contribution >= 0.6 is 0 Å². The Morgan fingerprint density at radius 2 is 1.83 bits per heavy atom. The Labute approximate surface area is 139 Å². The molecular weight excluding hydrogens is 304 g/mol. The number of phenolic OH excluding ortho intramolecular Hbond substituents is 1. The Balaban J connectivity index is 1.68. The van der Waals surface area contributed by atoms with Crippen LogP contribution in [0.3, 0.4) is 0 Å². The van der Waals surface area contributed by atoms with Gasteiger partial charge in [0.05, 0.1) is 11.8 Å². The second kappa shape index (κ2) is 6.13. The fourth-order valence-electron chi connectivity index (χ4n) is 3.21. The molecule has 0 spiro atoms. The standard InChI is InChI=1S/C18H20N4O2/c23-14-5-1-12(2-6-14)16-11-22-10-9-19-18(22)17(21-16)20-13-3-7-15(24)8-4-13/h1-2,5-6,9-11,13,15,23-24H,3-4,7-8H2,(H,20,21). The van der Waals surface area contributed by atoms with Crippen LogP contribution in [0.1, 0.15) is 25.7 Å². The van der Waals surface area contributed by atoms with Crippen molar-refractivity contribution < 1.29 is 10.2 Å². The average Bonchev–Trinajstić information content (AvgIpc) is 3.06. The highest BCUT2D eigenvalue weighted by molar-refractivity contribution is 5.69. The number of aliphatic hydroxyl groups is 1. The number of anilines is 1. The third-order valence-corrected chi connectivity index (χ3v) is 4.57. The van der Waals surface area contributed by atoms with E-state index in [-0.39, 0.29) is 11.9 Å².